The Balaban J connectivity index is 1.50. The molecule has 2 aliphatic rings. The van der Waals surface area contributed by atoms with Crippen molar-refractivity contribution in [3.8, 4) is 0 Å². The van der Waals surface area contributed by atoms with Crippen molar-refractivity contribution in [3.63, 3.8) is 0 Å². The molecule has 0 amide bonds. The molecule has 3 heterocycles. The van der Waals surface area contributed by atoms with E-state index in [0.717, 1.165) is 45.0 Å². The van der Waals surface area contributed by atoms with Crippen molar-refractivity contribution in [2.75, 3.05) is 32.7 Å². The van der Waals surface area contributed by atoms with Gasteiger partial charge in [0.1, 0.15) is 0 Å². The molecule has 0 N–H and O–H groups in total. The highest BCUT2D eigenvalue weighted by atomic mass is 32.2. The average molecular weight is 290 g/mol. The van der Waals surface area contributed by atoms with Crippen LogP contribution in [0.1, 0.15) is 19.5 Å². The third-order valence-corrected chi connectivity index (χ3v) is 4.97. The molecule has 1 saturated heterocycles. The van der Waals surface area contributed by atoms with Crippen LogP contribution in [-0.4, -0.2) is 57.4 Å². The van der Waals surface area contributed by atoms with Gasteiger partial charge >= 0.3 is 0 Å². The third kappa shape index (κ3) is 3.33. The Kier molecular flexibility index (Phi) is 3.98. The predicted octanol–water partition coefficient (Wildman–Crippen LogP) is 2.08. The first kappa shape index (κ1) is 13.9. The molecular weight excluding hydrogens is 268 g/mol. The molecule has 2 aliphatic heterocycles. The fourth-order valence-corrected chi connectivity index (χ4v) is 3.62. The predicted molar refractivity (Wildman–Crippen MR) is 85.1 cm³/mol. The Morgan fingerprint density at radius 1 is 1.20 bits per heavy atom. The van der Waals surface area contributed by atoms with Gasteiger partial charge in [-0.25, -0.2) is 0 Å². The highest BCUT2D eigenvalue weighted by Crippen LogP contribution is 2.33. The Morgan fingerprint density at radius 2 is 2.00 bits per heavy atom. The van der Waals surface area contributed by atoms with Gasteiger partial charge in [-0.1, -0.05) is 17.8 Å². The highest BCUT2D eigenvalue weighted by Gasteiger charge is 2.31. The van der Waals surface area contributed by atoms with Crippen LogP contribution in [0.2, 0.25) is 0 Å². The molecule has 0 atom stereocenters. The van der Waals surface area contributed by atoms with Gasteiger partial charge in [0.25, 0.3) is 0 Å². The normalized spacial score (nSPS) is 22.9. The van der Waals surface area contributed by atoms with Crippen molar-refractivity contribution in [2.24, 2.45) is 4.99 Å². The largest absolute Gasteiger partial charge is 0.349 e. The zero-order valence-corrected chi connectivity index (χ0v) is 13.1. The molecular formula is C15H22N4S. The van der Waals surface area contributed by atoms with Crippen LogP contribution in [-0.2, 0) is 6.54 Å². The second kappa shape index (κ2) is 5.74. The lowest BCUT2D eigenvalue weighted by Crippen LogP contribution is -2.47. The molecule has 20 heavy (non-hydrogen) atoms. The van der Waals surface area contributed by atoms with Crippen molar-refractivity contribution in [2.45, 2.75) is 25.1 Å². The van der Waals surface area contributed by atoms with Gasteiger partial charge in [-0.05, 0) is 26.0 Å². The van der Waals surface area contributed by atoms with Crippen LogP contribution in [0.15, 0.2) is 29.4 Å². The van der Waals surface area contributed by atoms with E-state index in [4.69, 9.17) is 4.99 Å². The molecule has 0 aliphatic carbocycles. The van der Waals surface area contributed by atoms with E-state index in [9.17, 15) is 0 Å². The number of nitrogens with zero attached hydrogens (tertiary/aromatic N) is 4. The van der Waals surface area contributed by atoms with Crippen molar-refractivity contribution in [3.05, 3.63) is 30.1 Å². The van der Waals surface area contributed by atoms with Crippen LogP contribution in [0, 0.1) is 0 Å². The Labute approximate surface area is 125 Å². The molecule has 0 unspecified atom stereocenters. The van der Waals surface area contributed by atoms with Crippen molar-refractivity contribution in [1.82, 2.24) is 14.8 Å². The molecule has 5 heteroatoms. The maximum atomic E-state index is 4.70. The summed E-state index contributed by atoms with van der Waals surface area (Å²) >= 11 is 1.92. The lowest BCUT2D eigenvalue weighted by Gasteiger charge is -2.35. The van der Waals surface area contributed by atoms with Crippen LogP contribution in [0.3, 0.4) is 0 Å². The summed E-state index contributed by atoms with van der Waals surface area (Å²) in [6, 6.07) is 6.13. The van der Waals surface area contributed by atoms with Crippen molar-refractivity contribution >= 4 is 16.9 Å². The Morgan fingerprint density at radius 3 is 2.60 bits per heavy atom. The van der Waals surface area contributed by atoms with Gasteiger partial charge in [-0.15, -0.1) is 0 Å². The fraction of sp³-hybridized carbons (Fsp3) is 0.600. The Hall–Kier alpha value is -1.07. The van der Waals surface area contributed by atoms with E-state index in [0.29, 0.717) is 0 Å². The summed E-state index contributed by atoms with van der Waals surface area (Å²) in [7, 11) is 0. The summed E-state index contributed by atoms with van der Waals surface area (Å²) in [6.07, 6.45) is 1.87. The second-order valence-corrected chi connectivity index (χ2v) is 7.72. The van der Waals surface area contributed by atoms with E-state index >= 15 is 0 Å². The molecule has 3 rings (SSSR count). The maximum Gasteiger partial charge on any atom is 0.159 e. The van der Waals surface area contributed by atoms with Gasteiger partial charge in [0.15, 0.2) is 5.17 Å². The fourth-order valence-electron chi connectivity index (χ4n) is 2.55. The van der Waals surface area contributed by atoms with Crippen LogP contribution < -0.4 is 0 Å². The van der Waals surface area contributed by atoms with E-state index in [1.165, 1.54) is 5.17 Å². The van der Waals surface area contributed by atoms with Crippen molar-refractivity contribution < 1.29 is 0 Å². The summed E-state index contributed by atoms with van der Waals surface area (Å²) in [5.41, 5.74) is 1.16. The van der Waals surface area contributed by atoms with E-state index in [1.54, 1.807) is 0 Å². The molecule has 0 radical (unpaired) electrons. The first-order chi connectivity index (χ1) is 9.62. The minimum atomic E-state index is 0.278. The summed E-state index contributed by atoms with van der Waals surface area (Å²) in [5, 5.41) is 1.24. The van der Waals surface area contributed by atoms with Gasteiger partial charge < -0.3 is 4.90 Å². The van der Waals surface area contributed by atoms with E-state index in [-0.39, 0.29) is 4.75 Å². The molecule has 1 aromatic rings. The lowest BCUT2D eigenvalue weighted by molar-refractivity contribution is 0.176. The topological polar surface area (TPSA) is 31.7 Å². The average Bonchev–Trinajstić information content (AvgIpc) is 2.81. The van der Waals surface area contributed by atoms with Crippen LogP contribution in [0.5, 0.6) is 0 Å². The summed E-state index contributed by atoms with van der Waals surface area (Å²) < 4.78 is 0.278. The van der Waals surface area contributed by atoms with Gasteiger partial charge in [0.05, 0.1) is 12.2 Å². The number of aliphatic imine (C=N–C) groups is 1. The van der Waals surface area contributed by atoms with Crippen molar-refractivity contribution in [1.29, 1.82) is 0 Å². The minimum absolute atomic E-state index is 0.278. The molecule has 108 valence electrons. The van der Waals surface area contributed by atoms with Gasteiger partial charge in [0, 0.05) is 43.7 Å². The molecule has 0 aromatic carbocycles. The summed E-state index contributed by atoms with van der Waals surface area (Å²) in [4.78, 5) is 14.0. The van der Waals surface area contributed by atoms with Crippen LogP contribution >= 0.6 is 11.8 Å². The van der Waals surface area contributed by atoms with Crippen LogP contribution in [0.4, 0.5) is 0 Å². The maximum absolute atomic E-state index is 4.70. The first-order valence-corrected chi connectivity index (χ1v) is 8.05. The number of hydrogen-bond donors (Lipinski definition) is 0. The number of thioether (sulfide) groups is 1. The number of aromatic nitrogens is 1. The lowest BCUT2D eigenvalue weighted by atomic mass is 10.2. The molecule has 4 nitrogen and oxygen atoms in total. The highest BCUT2D eigenvalue weighted by molar-refractivity contribution is 8.15. The SMILES string of the molecule is CC1(C)CN=C(N2CCN(Cc3ccccn3)CC2)S1. The smallest absolute Gasteiger partial charge is 0.159 e. The van der Waals surface area contributed by atoms with E-state index < -0.39 is 0 Å². The number of hydrogen-bond acceptors (Lipinski definition) is 5. The molecule has 1 fully saturated rings. The molecule has 0 saturated carbocycles. The Bertz CT molecular complexity index is 478. The van der Waals surface area contributed by atoms with Crippen LogP contribution in [0.25, 0.3) is 0 Å². The zero-order chi connectivity index (χ0) is 14.0. The summed E-state index contributed by atoms with van der Waals surface area (Å²) in [6.45, 7) is 10.8. The minimum Gasteiger partial charge on any atom is -0.349 e. The number of amidine groups is 1. The number of rotatable bonds is 2. The summed E-state index contributed by atoms with van der Waals surface area (Å²) in [5.74, 6) is 0. The number of pyridine rings is 1. The molecule has 0 spiro atoms. The monoisotopic (exact) mass is 290 g/mol. The molecule has 0 bridgehead atoms. The quantitative estimate of drug-likeness (QED) is 0.834. The zero-order valence-electron chi connectivity index (χ0n) is 12.2. The second-order valence-electron chi connectivity index (χ2n) is 6.04. The van der Waals surface area contributed by atoms with Gasteiger partial charge in [0.2, 0.25) is 0 Å². The standard InChI is InChI=1S/C15H22N4S/c1-15(2)12-17-14(20-15)19-9-7-18(8-10-19)11-13-5-3-4-6-16-13/h3-6H,7-12H2,1-2H3. The number of piperazine rings is 1. The third-order valence-electron chi connectivity index (χ3n) is 3.72. The van der Waals surface area contributed by atoms with E-state index in [2.05, 4.69) is 40.8 Å². The molecule has 1 aromatic heterocycles. The van der Waals surface area contributed by atoms with Gasteiger partial charge in [-0.3, -0.25) is 14.9 Å². The van der Waals surface area contributed by atoms with Gasteiger partial charge in [-0.2, -0.15) is 0 Å². The van der Waals surface area contributed by atoms with E-state index in [1.807, 2.05) is 24.0 Å². The first-order valence-electron chi connectivity index (χ1n) is 7.23.